The maximum Gasteiger partial charge on any atom is 0.00315 e. The Kier molecular flexibility index (Phi) is 32.2. The fourth-order valence-electron chi connectivity index (χ4n) is 0.189. The molecule has 0 aromatic heterocycles. The molecule has 8 heavy (non-hydrogen) atoms. The van der Waals surface area contributed by atoms with Crippen molar-refractivity contribution in [1.29, 1.82) is 0 Å². The van der Waals surface area contributed by atoms with Crippen molar-refractivity contribution in [3.05, 3.63) is 0 Å². The third kappa shape index (κ3) is 15.6. The van der Waals surface area contributed by atoms with Gasteiger partial charge in [-0.25, -0.2) is 0 Å². The van der Waals surface area contributed by atoms with Crippen LogP contribution in [-0.2, 0) is 0 Å². The summed E-state index contributed by atoms with van der Waals surface area (Å²) in [6.45, 7) is 0. The van der Waals surface area contributed by atoms with E-state index in [0.29, 0.717) is 0 Å². The Morgan fingerprint density at radius 1 is 0.750 bits per heavy atom. The number of hydrogen-bond acceptors (Lipinski definition) is 0. The molecule has 0 N–H and O–H groups in total. The largest absolute Gasteiger partial charge is 0.147 e. The minimum atomic E-state index is 0. The molecule has 0 heterocycles. The summed E-state index contributed by atoms with van der Waals surface area (Å²) in [7, 11) is 0. The third-order valence-corrected chi connectivity index (χ3v) is 1.64. The normalized spacial score (nSPS) is 6.75. The highest BCUT2D eigenvalue weighted by molar-refractivity contribution is 9.09. The molecule has 0 aromatic carbocycles. The number of unbranched alkanes of at least 4 members (excludes halogenated alkanes) is 1. The Bertz CT molecular complexity index is 24.0. The van der Waals surface area contributed by atoms with Crippen LogP contribution in [0.5, 0.6) is 0 Å². The zero-order chi connectivity index (χ0) is 4.83. The fourth-order valence-corrected chi connectivity index (χ4v) is 0.982. The second-order valence-corrected chi connectivity index (χ2v) is 2.67. The molecule has 0 unspecified atom stereocenters. The first-order valence-electron chi connectivity index (χ1n) is 2.03. The van der Waals surface area contributed by atoms with E-state index in [1.54, 1.807) is 0 Å². The lowest BCUT2D eigenvalue weighted by Crippen LogP contribution is -1.73. The first-order chi connectivity index (χ1) is 2.91. The number of alkyl halides is 2. The van der Waals surface area contributed by atoms with Gasteiger partial charge >= 0.3 is 0 Å². The fraction of sp³-hybridized carbons (Fsp3) is 1.00. The van der Waals surface area contributed by atoms with Gasteiger partial charge in [0, 0.05) is 10.7 Å². The molecule has 0 nitrogen and oxygen atoms in total. The Morgan fingerprint density at radius 2 is 1.00 bits per heavy atom. The first kappa shape index (κ1) is 16.3. The average Bonchev–Trinajstić information content (AvgIpc) is 1.61. The van der Waals surface area contributed by atoms with E-state index in [2.05, 4.69) is 31.9 Å². The van der Waals surface area contributed by atoms with E-state index in [1.165, 1.54) is 12.8 Å². The van der Waals surface area contributed by atoms with Crippen molar-refractivity contribution in [2.45, 2.75) is 12.8 Å². The molecule has 0 rings (SSSR count). The number of hydrogen-bond donors (Lipinski definition) is 0. The lowest BCUT2D eigenvalue weighted by molar-refractivity contribution is 0.919. The van der Waals surface area contributed by atoms with Crippen molar-refractivity contribution in [2.75, 3.05) is 10.7 Å². The van der Waals surface area contributed by atoms with Gasteiger partial charge in [0.2, 0.25) is 0 Å². The smallest absolute Gasteiger partial charge is 0.00315 e. The second-order valence-electron chi connectivity index (χ2n) is 1.09. The second kappa shape index (κ2) is 15.8. The van der Waals surface area contributed by atoms with Gasteiger partial charge in [0.1, 0.15) is 0 Å². The Labute approximate surface area is 79.9 Å². The molecule has 0 aliphatic heterocycles. The van der Waals surface area contributed by atoms with Gasteiger partial charge in [-0.05, 0) is 12.8 Å². The highest BCUT2D eigenvalue weighted by Crippen LogP contribution is 1.95. The topological polar surface area (TPSA) is 0 Å². The molecule has 0 radical (unpaired) electrons. The van der Waals surface area contributed by atoms with E-state index in [-0.39, 0.29) is 24.8 Å². The zero-order valence-electron chi connectivity index (χ0n) is 4.40. The Hall–Kier alpha value is 1.54. The molecule has 0 bridgehead atoms. The summed E-state index contributed by atoms with van der Waals surface area (Å²) in [6, 6.07) is 0. The lowest BCUT2D eigenvalue weighted by Gasteiger charge is -1.83. The van der Waals surface area contributed by atoms with Gasteiger partial charge in [-0.1, -0.05) is 31.9 Å². The first-order valence-corrected chi connectivity index (χ1v) is 4.28. The number of halogens is 4. The van der Waals surface area contributed by atoms with Crippen LogP contribution in [-0.4, -0.2) is 10.7 Å². The SMILES string of the molecule is BrCCCCBr.Cl.Cl. The van der Waals surface area contributed by atoms with Crippen LogP contribution >= 0.6 is 56.7 Å². The van der Waals surface area contributed by atoms with E-state index >= 15 is 0 Å². The number of rotatable bonds is 3. The maximum absolute atomic E-state index is 3.33. The molecular weight excluding hydrogens is 279 g/mol. The summed E-state index contributed by atoms with van der Waals surface area (Å²) in [6.07, 6.45) is 2.57. The summed E-state index contributed by atoms with van der Waals surface area (Å²) >= 11 is 6.66. The van der Waals surface area contributed by atoms with Crippen molar-refractivity contribution < 1.29 is 0 Å². The molecule has 0 amide bonds. The summed E-state index contributed by atoms with van der Waals surface area (Å²) in [5.74, 6) is 0. The van der Waals surface area contributed by atoms with E-state index in [9.17, 15) is 0 Å². The minimum Gasteiger partial charge on any atom is -0.147 e. The van der Waals surface area contributed by atoms with Crippen molar-refractivity contribution in [1.82, 2.24) is 0 Å². The van der Waals surface area contributed by atoms with Crippen LogP contribution in [0.25, 0.3) is 0 Å². The van der Waals surface area contributed by atoms with Gasteiger partial charge in [0.05, 0.1) is 0 Å². The van der Waals surface area contributed by atoms with Crippen molar-refractivity contribution in [3.63, 3.8) is 0 Å². The monoisotopic (exact) mass is 286 g/mol. The van der Waals surface area contributed by atoms with E-state index in [0.717, 1.165) is 10.7 Å². The van der Waals surface area contributed by atoms with E-state index in [1.807, 2.05) is 0 Å². The highest BCUT2D eigenvalue weighted by Gasteiger charge is 1.77. The van der Waals surface area contributed by atoms with Crippen LogP contribution in [0.4, 0.5) is 0 Å². The molecule has 0 saturated heterocycles. The van der Waals surface area contributed by atoms with Crippen molar-refractivity contribution >= 4 is 56.7 Å². The van der Waals surface area contributed by atoms with Crippen LogP contribution in [0.15, 0.2) is 0 Å². The van der Waals surface area contributed by atoms with Gasteiger partial charge in [-0.2, -0.15) is 0 Å². The summed E-state index contributed by atoms with van der Waals surface area (Å²) in [5, 5.41) is 2.28. The van der Waals surface area contributed by atoms with Crippen molar-refractivity contribution in [3.8, 4) is 0 Å². The molecule has 0 fully saturated rings. The maximum atomic E-state index is 3.33. The van der Waals surface area contributed by atoms with E-state index < -0.39 is 0 Å². The molecule has 0 spiro atoms. The summed E-state index contributed by atoms with van der Waals surface area (Å²) < 4.78 is 0. The van der Waals surface area contributed by atoms with Crippen LogP contribution in [0.1, 0.15) is 12.8 Å². The standard InChI is InChI=1S/C4H8Br2.2ClH/c5-3-1-2-4-6;;/h1-4H2;2*1H. The predicted octanol–water partition coefficient (Wildman–Crippen LogP) is 3.40. The average molecular weight is 289 g/mol. The molecule has 0 atom stereocenters. The van der Waals surface area contributed by atoms with Crippen LogP contribution in [0.3, 0.4) is 0 Å². The molecule has 0 aromatic rings. The van der Waals surface area contributed by atoms with E-state index in [4.69, 9.17) is 0 Å². The van der Waals surface area contributed by atoms with Gasteiger partial charge in [-0.3, -0.25) is 0 Å². The van der Waals surface area contributed by atoms with Gasteiger partial charge in [0.25, 0.3) is 0 Å². The minimum absolute atomic E-state index is 0. The predicted molar refractivity (Wildman–Crippen MR) is 51.3 cm³/mol. The quantitative estimate of drug-likeness (QED) is 0.552. The van der Waals surface area contributed by atoms with Crippen LogP contribution in [0, 0.1) is 0 Å². The summed E-state index contributed by atoms with van der Waals surface area (Å²) in [5.41, 5.74) is 0. The van der Waals surface area contributed by atoms with Crippen molar-refractivity contribution in [2.24, 2.45) is 0 Å². The summed E-state index contributed by atoms with van der Waals surface area (Å²) in [4.78, 5) is 0. The third-order valence-electron chi connectivity index (χ3n) is 0.517. The Morgan fingerprint density at radius 3 is 1.12 bits per heavy atom. The van der Waals surface area contributed by atoms with Gasteiger partial charge in [0.15, 0.2) is 0 Å². The van der Waals surface area contributed by atoms with Crippen LogP contribution < -0.4 is 0 Å². The highest BCUT2D eigenvalue weighted by atomic mass is 79.9. The molecule has 0 aliphatic carbocycles. The van der Waals surface area contributed by atoms with Gasteiger partial charge in [-0.15, -0.1) is 24.8 Å². The Balaban J connectivity index is -0.000000125. The molecule has 4 heteroatoms. The molecule has 54 valence electrons. The zero-order valence-corrected chi connectivity index (χ0v) is 9.21. The molecule has 0 saturated carbocycles. The molecular formula is C4H10Br2Cl2. The van der Waals surface area contributed by atoms with Crippen LogP contribution in [0.2, 0.25) is 0 Å². The van der Waals surface area contributed by atoms with Gasteiger partial charge < -0.3 is 0 Å². The molecule has 0 aliphatic rings. The lowest BCUT2D eigenvalue weighted by atomic mass is 10.4.